The van der Waals surface area contributed by atoms with Gasteiger partial charge in [-0.15, -0.1) is 0 Å². The fourth-order valence-corrected chi connectivity index (χ4v) is 5.34. The second kappa shape index (κ2) is 9.99. The van der Waals surface area contributed by atoms with E-state index >= 15 is 0 Å². The van der Waals surface area contributed by atoms with Crippen molar-refractivity contribution in [2.24, 2.45) is 0 Å². The maximum Gasteiger partial charge on any atom is 0.153 e. The van der Waals surface area contributed by atoms with Crippen molar-refractivity contribution in [2.45, 2.75) is 32.1 Å². The number of piperidine rings is 1. The number of ether oxygens (including phenoxy) is 1. The van der Waals surface area contributed by atoms with Crippen molar-refractivity contribution in [1.82, 2.24) is 0 Å². The van der Waals surface area contributed by atoms with E-state index < -0.39 is 0 Å². The van der Waals surface area contributed by atoms with Crippen LogP contribution >= 0.6 is 11.6 Å². The van der Waals surface area contributed by atoms with E-state index in [1.54, 1.807) is 4.90 Å². The molecule has 2 heterocycles. The van der Waals surface area contributed by atoms with E-state index in [-0.39, 0.29) is 5.92 Å². The number of fused-ring (bicyclic) bond motifs is 1. The quantitative estimate of drug-likeness (QED) is 0.499. The number of hydrogen-bond donors (Lipinski definition) is 1. The zero-order valence-electron chi connectivity index (χ0n) is 19.2. The van der Waals surface area contributed by atoms with Crippen LogP contribution in [0.3, 0.4) is 0 Å². The first-order chi connectivity index (χ1) is 16.2. The maximum atomic E-state index is 7.26. The minimum absolute atomic E-state index is 0.0297. The highest BCUT2D eigenvalue weighted by Crippen LogP contribution is 2.47. The molecule has 0 spiro atoms. The number of rotatable bonds is 4. The van der Waals surface area contributed by atoms with Crippen molar-refractivity contribution in [3.05, 3.63) is 118 Å². The molecule has 0 aliphatic carbocycles. The first-order valence-corrected chi connectivity index (χ1v) is 12.4. The molecule has 2 aliphatic rings. The van der Waals surface area contributed by atoms with Crippen molar-refractivity contribution >= 4 is 17.4 Å². The Balaban J connectivity index is 1.68. The summed E-state index contributed by atoms with van der Waals surface area (Å²) in [7, 11) is 0. The first kappa shape index (κ1) is 22.0. The number of para-hydroxylation sites is 1. The summed E-state index contributed by atoms with van der Waals surface area (Å²) in [5.41, 5.74) is 5.75. The third-order valence-corrected chi connectivity index (χ3v) is 7.21. The molecule has 3 aromatic carbocycles. The van der Waals surface area contributed by atoms with Crippen molar-refractivity contribution < 1.29 is 9.64 Å². The van der Waals surface area contributed by atoms with E-state index in [1.165, 1.54) is 43.5 Å². The molecule has 0 aromatic heterocycles. The Morgan fingerprint density at radius 1 is 0.879 bits per heavy atom. The largest absolute Gasteiger partial charge is 0.455 e. The van der Waals surface area contributed by atoms with Crippen molar-refractivity contribution in [3.63, 3.8) is 0 Å². The molecule has 2 nitrogen and oxygen atoms in total. The highest BCUT2D eigenvalue weighted by molar-refractivity contribution is 6.35. The van der Waals surface area contributed by atoms with Crippen LogP contribution in [0.4, 0.5) is 0 Å². The summed E-state index contributed by atoms with van der Waals surface area (Å²) >= 11 is 7.26. The molecule has 0 amide bonds. The molecule has 2 aliphatic heterocycles. The lowest BCUT2D eigenvalue weighted by Gasteiger charge is -2.24. The normalized spacial score (nSPS) is 20.3. The molecule has 0 unspecified atom stereocenters. The third-order valence-electron chi connectivity index (χ3n) is 6.82. The lowest BCUT2D eigenvalue weighted by atomic mass is 9.83. The van der Waals surface area contributed by atoms with Crippen LogP contribution in [0.5, 0.6) is 5.75 Å². The Bertz CT molecular complexity index is 1160. The van der Waals surface area contributed by atoms with E-state index in [0.717, 1.165) is 34.8 Å². The summed E-state index contributed by atoms with van der Waals surface area (Å²) in [6, 6.07) is 27.5. The van der Waals surface area contributed by atoms with Gasteiger partial charge < -0.3 is 9.64 Å². The fourth-order valence-electron chi connectivity index (χ4n) is 5.00. The van der Waals surface area contributed by atoms with Crippen LogP contribution in [-0.4, -0.2) is 19.6 Å². The average molecular weight is 457 g/mol. The van der Waals surface area contributed by atoms with Gasteiger partial charge in [-0.25, -0.2) is 0 Å². The zero-order valence-corrected chi connectivity index (χ0v) is 19.9. The third kappa shape index (κ3) is 4.78. The van der Waals surface area contributed by atoms with Crippen molar-refractivity contribution in [3.8, 4) is 5.75 Å². The standard InChI is InChI=1S/C30H30ClNO/c1-22-14-16-24(17-15-22)30-29(31)26(18-21-32-19-8-3-9-20-32)28(23-10-4-2-5-11-23)25-12-6-7-13-27(25)33-30/h2,4-7,10-18,28H,3,8-9,19-21H2,1H3/p+1/b26-18-/t28-/m1/s1. The molecular formula is C30H31ClNO+. The highest BCUT2D eigenvalue weighted by Gasteiger charge is 2.31. The van der Waals surface area contributed by atoms with Crippen molar-refractivity contribution in [1.29, 1.82) is 0 Å². The van der Waals surface area contributed by atoms with E-state index in [0.29, 0.717) is 5.03 Å². The monoisotopic (exact) mass is 456 g/mol. The Labute approximate surface area is 202 Å². The molecule has 33 heavy (non-hydrogen) atoms. The summed E-state index contributed by atoms with van der Waals surface area (Å²) in [6.07, 6.45) is 6.35. The molecular weight excluding hydrogens is 426 g/mol. The van der Waals surface area contributed by atoms with Crippen molar-refractivity contribution in [2.75, 3.05) is 19.6 Å². The molecule has 0 bridgehead atoms. The Morgan fingerprint density at radius 3 is 2.33 bits per heavy atom. The van der Waals surface area contributed by atoms with Gasteiger partial charge in [-0.1, -0.05) is 90.0 Å². The number of allylic oxidation sites excluding steroid dienone is 2. The summed E-state index contributed by atoms with van der Waals surface area (Å²) in [5, 5.41) is 0.709. The summed E-state index contributed by atoms with van der Waals surface area (Å²) in [6.45, 7) is 5.55. The molecule has 1 fully saturated rings. The second-order valence-electron chi connectivity index (χ2n) is 9.17. The van der Waals surface area contributed by atoms with Gasteiger partial charge in [0, 0.05) is 17.0 Å². The lowest BCUT2D eigenvalue weighted by molar-refractivity contribution is -0.899. The molecule has 0 saturated carbocycles. The average Bonchev–Trinajstić information content (AvgIpc) is 2.99. The topological polar surface area (TPSA) is 13.7 Å². The van der Waals surface area contributed by atoms with Crippen LogP contribution < -0.4 is 9.64 Å². The molecule has 5 rings (SSSR count). The lowest BCUT2D eigenvalue weighted by Crippen LogP contribution is -3.12. The molecule has 3 aromatic rings. The van der Waals surface area contributed by atoms with E-state index in [4.69, 9.17) is 16.3 Å². The van der Waals surface area contributed by atoms with Gasteiger partial charge in [0.1, 0.15) is 5.75 Å². The molecule has 0 radical (unpaired) electrons. The van der Waals surface area contributed by atoms with E-state index in [1.807, 2.05) is 6.07 Å². The molecule has 3 heteroatoms. The molecule has 1 saturated heterocycles. The number of hydrogen-bond acceptors (Lipinski definition) is 1. The van der Waals surface area contributed by atoms with Gasteiger partial charge >= 0.3 is 0 Å². The van der Waals surface area contributed by atoms with Crippen LogP contribution in [0.2, 0.25) is 0 Å². The highest BCUT2D eigenvalue weighted by atomic mass is 35.5. The van der Waals surface area contributed by atoms with Gasteiger partial charge in [0.15, 0.2) is 5.76 Å². The van der Waals surface area contributed by atoms with Gasteiger partial charge in [0.25, 0.3) is 0 Å². The predicted octanol–water partition coefficient (Wildman–Crippen LogP) is 6.12. The molecule has 168 valence electrons. The van der Waals surface area contributed by atoms with Gasteiger partial charge in [0.2, 0.25) is 0 Å². The number of likely N-dealkylation sites (tertiary alicyclic amines) is 1. The van der Waals surface area contributed by atoms with Crippen LogP contribution in [0.15, 0.2) is 95.5 Å². The van der Waals surface area contributed by atoms with Crippen LogP contribution in [-0.2, 0) is 0 Å². The fraction of sp³-hybridized carbons (Fsp3) is 0.267. The summed E-state index contributed by atoms with van der Waals surface area (Å²) in [4.78, 5) is 1.64. The molecule has 1 N–H and O–H groups in total. The van der Waals surface area contributed by atoms with Crippen LogP contribution in [0.25, 0.3) is 5.76 Å². The first-order valence-electron chi connectivity index (χ1n) is 12.0. The van der Waals surface area contributed by atoms with E-state index in [2.05, 4.69) is 85.8 Å². The minimum Gasteiger partial charge on any atom is -0.455 e. The second-order valence-corrected chi connectivity index (χ2v) is 9.54. The van der Waals surface area contributed by atoms with Gasteiger partial charge in [-0.2, -0.15) is 0 Å². The zero-order chi connectivity index (χ0) is 22.6. The van der Waals surface area contributed by atoms with Crippen LogP contribution in [0, 0.1) is 6.92 Å². The van der Waals surface area contributed by atoms with Gasteiger partial charge in [-0.05, 0) is 49.5 Å². The maximum absolute atomic E-state index is 7.26. The Morgan fingerprint density at radius 2 is 1.58 bits per heavy atom. The molecule has 1 atom stereocenters. The predicted molar refractivity (Wildman–Crippen MR) is 137 cm³/mol. The number of halogens is 1. The Kier molecular flexibility index (Phi) is 6.66. The smallest absolute Gasteiger partial charge is 0.153 e. The number of aryl methyl sites for hydroxylation is 1. The number of nitrogens with one attached hydrogen (secondary N) is 1. The summed E-state index contributed by atoms with van der Waals surface area (Å²) < 4.78 is 6.57. The van der Waals surface area contributed by atoms with Gasteiger partial charge in [0.05, 0.1) is 24.7 Å². The summed E-state index contributed by atoms with van der Waals surface area (Å²) in [5.74, 6) is 1.64. The number of quaternary nitrogens is 1. The SMILES string of the molecule is Cc1ccc(C2=C(Cl)/C(=C\C[NH+]3CCCCC3)[C@H](c3ccccc3)c3ccccc3O2)cc1. The van der Waals surface area contributed by atoms with E-state index in [9.17, 15) is 0 Å². The van der Waals surface area contributed by atoms with Gasteiger partial charge in [-0.3, -0.25) is 0 Å². The minimum atomic E-state index is 0.0297. The van der Waals surface area contributed by atoms with Crippen LogP contribution in [0.1, 0.15) is 47.4 Å². The number of benzene rings is 3. The Hall–Kier alpha value is -2.81.